The van der Waals surface area contributed by atoms with Gasteiger partial charge in [0.25, 0.3) is 5.91 Å². The highest BCUT2D eigenvalue weighted by Gasteiger charge is 2.16. The van der Waals surface area contributed by atoms with Gasteiger partial charge in [-0.15, -0.1) is 0 Å². The van der Waals surface area contributed by atoms with Crippen molar-refractivity contribution in [3.05, 3.63) is 41.9 Å². The van der Waals surface area contributed by atoms with Gasteiger partial charge in [-0.25, -0.2) is 8.42 Å². The topological polar surface area (TPSA) is 85.6 Å². The van der Waals surface area contributed by atoms with Crippen molar-refractivity contribution >= 4 is 21.4 Å². The van der Waals surface area contributed by atoms with Crippen molar-refractivity contribution in [3.63, 3.8) is 0 Å². The zero-order chi connectivity index (χ0) is 16.3. The minimum absolute atomic E-state index is 0.128. The molecule has 0 bridgehead atoms. The quantitative estimate of drug-likeness (QED) is 0.914. The lowest BCUT2D eigenvalue weighted by Gasteiger charge is -2.12. The molecule has 1 amide bonds. The first kappa shape index (κ1) is 16.1. The van der Waals surface area contributed by atoms with Gasteiger partial charge in [-0.1, -0.05) is 0 Å². The largest absolute Gasteiger partial charge is 0.492 e. The first-order valence-electron chi connectivity index (χ1n) is 6.66. The number of nitrogens with one attached hydrogen (secondary N) is 1. The first-order valence-corrected chi connectivity index (χ1v) is 8.55. The molecule has 0 aliphatic carbocycles. The highest BCUT2D eigenvalue weighted by atomic mass is 32.2. The maximum absolute atomic E-state index is 12.1. The van der Waals surface area contributed by atoms with Crippen LogP contribution in [0.4, 0.5) is 5.69 Å². The van der Waals surface area contributed by atoms with Crippen LogP contribution >= 0.6 is 0 Å². The van der Waals surface area contributed by atoms with E-state index in [0.717, 1.165) is 6.26 Å². The van der Waals surface area contributed by atoms with Crippen molar-refractivity contribution in [1.82, 2.24) is 0 Å². The second kappa shape index (κ2) is 6.23. The third kappa shape index (κ3) is 3.67. The Labute approximate surface area is 129 Å². The molecule has 118 valence electrons. The van der Waals surface area contributed by atoms with E-state index in [2.05, 4.69) is 5.32 Å². The summed E-state index contributed by atoms with van der Waals surface area (Å²) in [6.45, 7) is 3.86. The summed E-state index contributed by atoms with van der Waals surface area (Å²) in [6, 6.07) is 7.55. The SMILES string of the molecule is CCOc1cc(S(C)(=O)=O)ccc1NC(=O)c1ccc(C)o1. The van der Waals surface area contributed by atoms with Crippen LogP contribution in [0.15, 0.2) is 39.6 Å². The van der Waals surface area contributed by atoms with Gasteiger partial charge in [0.2, 0.25) is 0 Å². The van der Waals surface area contributed by atoms with E-state index in [1.54, 1.807) is 26.0 Å². The van der Waals surface area contributed by atoms with Crippen molar-refractivity contribution in [2.24, 2.45) is 0 Å². The molecule has 22 heavy (non-hydrogen) atoms. The van der Waals surface area contributed by atoms with Crippen LogP contribution in [-0.2, 0) is 9.84 Å². The molecule has 1 N–H and O–H groups in total. The van der Waals surface area contributed by atoms with Crippen LogP contribution in [0.25, 0.3) is 0 Å². The van der Waals surface area contributed by atoms with E-state index < -0.39 is 15.7 Å². The van der Waals surface area contributed by atoms with Gasteiger partial charge >= 0.3 is 0 Å². The summed E-state index contributed by atoms with van der Waals surface area (Å²) < 4.78 is 33.8. The molecule has 6 nitrogen and oxygen atoms in total. The lowest BCUT2D eigenvalue weighted by molar-refractivity contribution is 0.0995. The van der Waals surface area contributed by atoms with Crippen LogP contribution in [0, 0.1) is 6.92 Å². The molecule has 0 saturated carbocycles. The van der Waals surface area contributed by atoms with Gasteiger partial charge in [0.05, 0.1) is 17.2 Å². The average Bonchev–Trinajstić information content (AvgIpc) is 2.86. The number of amides is 1. The number of sulfone groups is 1. The summed E-state index contributed by atoms with van der Waals surface area (Å²) in [6.07, 6.45) is 1.11. The van der Waals surface area contributed by atoms with Gasteiger partial charge in [-0.2, -0.15) is 0 Å². The Bertz CT molecular complexity index is 792. The predicted octanol–water partition coefficient (Wildman–Crippen LogP) is 2.64. The molecule has 0 atom stereocenters. The van der Waals surface area contributed by atoms with Crippen LogP contribution in [-0.4, -0.2) is 27.2 Å². The maximum atomic E-state index is 12.1. The summed E-state index contributed by atoms with van der Waals surface area (Å²) in [5, 5.41) is 2.65. The van der Waals surface area contributed by atoms with Gasteiger partial charge in [-0.05, 0) is 38.1 Å². The van der Waals surface area contributed by atoms with E-state index in [1.165, 1.54) is 18.2 Å². The van der Waals surface area contributed by atoms with E-state index >= 15 is 0 Å². The highest BCUT2D eigenvalue weighted by molar-refractivity contribution is 7.90. The molecule has 2 aromatic rings. The molecule has 0 unspecified atom stereocenters. The molecule has 0 aliphatic rings. The van der Waals surface area contributed by atoms with Crippen LogP contribution in [0.5, 0.6) is 5.75 Å². The third-order valence-electron chi connectivity index (χ3n) is 2.89. The fourth-order valence-electron chi connectivity index (χ4n) is 1.85. The number of aryl methyl sites for hydroxylation is 1. The van der Waals surface area contributed by atoms with Crippen molar-refractivity contribution in [2.45, 2.75) is 18.7 Å². The maximum Gasteiger partial charge on any atom is 0.291 e. The van der Waals surface area contributed by atoms with Crippen molar-refractivity contribution in [3.8, 4) is 5.75 Å². The number of anilines is 1. The average molecular weight is 323 g/mol. The molecule has 0 fully saturated rings. The number of ether oxygens (including phenoxy) is 1. The summed E-state index contributed by atoms with van der Waals surface area (Å²) >= 11 is 0. The van der Waals surface area contributed by atoms with Crippen LogP contribution < -0.4 is 10.1 Å². The molecule has 1 aromatic heterocycles. The monoisotopic (exact) mass is 323 g/mol. The fraction of sp³-hybridized carbons (Fsp3) is 0.267. The van der Waals surface area contributed by atoms with Gasteiger partial charge in [0, 0.05) is 12.3 Å². The second-order valence-electron chi connectivity index (χ2n) is 4.73. The highest BCUT2D eigenvalue weighted by Crippen LogP contribution is 2.28. The predicted molar refractivity (Wildman–Crippen MR) is 82.1 cm³/mol. The Morgan fingerprint density at radius 1 is 1.27 bits per heavy atom. The van der Waals surface area contributed by atoms with Gasteiger partial charge in [-0.3, -0.25) is 4.79 Å². The summed E-state index contributed by atoms with van der Waals surface area (Å²) in [7, 11) is -3.35. The van der Waals surface area contributed by atoms with Gasteiger partial charge in [0.1, 0.15) is 11.5 Å². The molecule has 2 rings (SSSR count). The van der Waals surface area contributed by atoms with Crippen LogP contribution in [0.3, 0.4) is 0 Å². The Morgan fingerprint density at radius 2 is 2.00 bits per heavy atom. The van der Waals surface area contributed by atoms with Crippen molar-refractivity contribution < 1.29 is 22.4 Å². The molecule has 0 aliphatic heterocycles. The smallest absolute Gasteiger partial charge is 0.291 e. The third-order valence-corrected chi connectivity index (χ3v) is 4.00. The number of furan rings is 1. The minimum atomic E-state index is -3.35. The second-order valence-corrected chi connectivity index (χ2v) is 6.74. The summed E-state index contributed by atoms with van der Waals surface area (Å²) in [5.41, 5.74) is 0.383. The van der Waals surface area contributed by atoms with Crippen LogP contribution in [0.1, 0.15) is 23.2 Å². The number of carbonyl (C=O) groups is 1. The molecule has 1 aromatic carbocycles. The molecular formula is C15H17NO5S. The Morgan fingerprint density at radius 3 is 2.55 bits per heavy atom. The van der Waals surface area contributed by atoms with E-state index in [4.69, 9.17) is 9.15 Å². The number of hydrogen-bond donors (Lipinski definition) is 1. The molecule has 0 saturated heterocycles. The van der Waals surface area contributed by atoms with Gasteiger partial charge in [0.15, 0.2) is 15.6 Å². The summed E-state index contributed by atoms with van der Waals surface area (Å²) in [5.74, 6) is 0.665. The standard InChI is InChI=1S/C15H17NO5S/c1-4-20-14-9-11(22(3,18)19)6-7-12(14)16-15(17)13-8-5-10(2)21-13/h5-9H,4H2,1-3H3,(H,16,17). The number of hydrogen-bond acceptors (Lipinski definition) is 5. The van der Waals surface area contributed by atoms with Gasteiger partial charge < -0.3 is 14.5 Å². The molecular weight excluding hydrogens is 306 g/mol. The lowest BCUT2D eigenvalue weighted by atomic mass is 10.2. The zero-order valence-corrected chi connectivity index (χ0v) is 13.4. The number of carbonyl (C=O) groups excluding carboxylic acids is 1. The Kier molecular flexibility index (Phi) is 4.56. The molecule has 0 radical (unpaired) electrons. The van der Waals surface area contributed by atoms with Crippen molar-refractivity contribution in [1.29, 1.82) is 0 Å². The number of benzene rings is 1. The molecule has 7 heteroatoms. The summed E-state index contributed by atoms with van der Waals surface area (Å²) in [4.78, 5) is 12.2. The van der Waals surface area contributed by atoms with E-state index in [1.807, 2.05) is 0 Å². The zero-order valence-electron chi connectivity index (χ0n) is 12.5. The Hall–Kier alpha value is -2.28. The fourth-order valence-corrected chi connectivity index (χ4v) is 2.49. The minimum Gasteiger partial charge on any atom is -0.492 e. The number of rotatable bonds is 5. The normalized spacial score (nSPS) is 11.2. The van der Waals surface area contributed by atoms with Crippen LogP contribution in [0.2, 0.25) is 0 Å². The molecule has 1 heterocycles. The lowest BCUT2D eigenvalue weighted by Crippen LogP contribution is -2.12. The van der Waals surface area contributed by atoms with E-state index in [0.29, 0.717) is 23.8 Å². The van der Waals surface area contributed by atoms with E-state index in [9.17, 15) is 13.2 Å². The first-order chi connectivity index (χ1) is 10.3. The van der Waals surface area contributed by atoms with Crippen molar-refractivity contribution in [2.75, 3.05) is 18.2 Å². The van der Waals surface area contributed by atoms with E-state index in [-0.39, 0.29) is 10.7 Å². The Balaban J connectivity index is 2.32. The molecule has 0 spiro atoms.